The van der Waals surface area contributed by atoms with Crippen LogP contribution in [-0.2, 0) is 16.6 Å². The van der Waals surface area contributed by atoms with Crippen LogP contribution in [-0.4, -0.2) is 30.8 Å². The molecule has 1 aromatic heterocycles. The summed E-state index contributed by atoms with van der Waals surface area (Å²) in [6.45, 7) is 1.77. The van der Waals surface area contributed by atoms with Crippen LogP contribution in [0.5, 0.6) is 0 Å². The van der Waals surface area contributed by atoms with Gasteiger partial charge in [0.2, 0.25) is 10.0 Å². The molecular formula is C14H15NO4S2. The largest absolute Gasteiger partial charge is 0.478 e. The highest BCUT2D eigenvalue weighted by Gasteiger charge is 2.25. The first-order valence-corrected chi connectivity index (χ1v) is 8.47. The number of hydrogen-bond donors (Lipinski definition) is 1. The third-order valence-corrected chi connectivity index (χ3v) is 5.97. The Balaban J connectivity index is 2.40. The molecule has 0 fully saturated rings. The lowest BCUT2D eigenvalue weighted by molar-refractivity contribution is 0.0696. The fourth-order valence-corrected chi connectivity index (χ4v) is 4.23. The van der Waals surface area contributed by atoms with E-state index in [1.54, 1.807) is 0 Å². The van der Waals surface area contributed by atoms with Crippen LogP contribution in [0.2, 0.25) is 0 Å². The van der Waals surface area contributed by atoms with E-state index in [1.165, 1.54) is 47.8 Å². The summed E-state index contributed by atoms with van der Waals surface area (Å²) < 4.78 is 26.4. The van der Waals surface area contributed by atoms with E-state index in [9.17, 15) is 13.2 Å². The Kier molecular flexibility index (Phi) is 4.46. The zero-order valence-corrected chi connectivity index (χ0v) is 13.2. The highest BCUT2D eigenvalue weighted by molar-refractivity contribution is 7.89. The van der Waals surface area contributed by atoms with E-state index in [-0.39, 0.29) is 22.6 Å². The minimum absolute atomic E-state index is 0.000554. The minimum Gasteiger partial charge on any atom is -0.478 e. The maximum absolute atomic E-state index is 12.6. The molecule has 1 aromatic carbocycles. The van der Waals surface area contributed by atoms with Gasteiger partial charge in [0.1, 0.15) is 0 Å². The van der Waals surface area contributed by atoms with Crippen LogP contribution in [0.3, 0.4) is 0 Å². The highest BCUT2D eigenvalue weighted by atomic mass is 32.2. The first kappa shape index (κ1) is 15.7. The van der Waals surface area contributed by atoms with E-state index in [0.717, 1.165) is 4.88 Å². The van der Waals surface area contributed by atoms with E-state index in [2.05, 4.69) is 0 Å². The number of hydrogen-bond acceptors (Lipinski definition) is 4. The fraction of sp³-hybridized carbons (Fsp3) is 0.214. The van der Waals surface area contributed by atoms with Gasteiger partial charge >= 0.3 is 5.97 Å². The van der Waals surface area contributed by atoms with Crippen LogP contribution in [0.15, 0.2) is 40.6 Å². The Bertz CT molecular complexity index is 751. The smallest absolute Gasteiger partial charge is 0.335 e. The van der Waals surface area contributed by atoms with Gasteiger partial charge in [0.05, 0.1) is 10.5 Å². The van der Waals surface area contributed by atoms with Crippen molar-refractivity contribution in [2.45, 2.75) is 18.4 Å². The second-order valence-electron chi connectivity index (χ2n) is 4.57. The molecular weight excluding hydrogens is 310 g/mol. The zero-order chi connectivity index (χ0) is 15.6. The molecule has 0 radical (unpaired) electrons. The van der Waals surface area contributed by atoms with Crippen molar-refractivity contribution in [2.24, 2.45) is 0 Å². The summed E-state index contributed by atoms with van der Waals surface area (Å²) >= 11 is 1.47. The molecule has 0 saturated heterocycles. The molecule has 1 heterocycles. The van der Waals surface area contributed by atoms with Crippen LogP contribution in [0.4, 0.5) is 0 Å². The quantitative estimate of drug-likeness (QED) is 0.917. The Hall–Kier alpha value is -1.70. The Morgan fingerprint density at radius 1 is 1.29 bits per heavy atom. The van der Waals surface area contributed by atoms with Crippen LogP contribution in [0.1, 0.15) is 20.8 Å². The first-order chi connectivity index (χ1) is 9.84. The molecule has 0 aliphatic carbocycles. The molecule has 0 aliphatic rings. The number of carboxylic acids is 1. The molecule has 112 valence electrons. The van der Waals surface area contributed by atoms with Gasteiger partial charge in [-0.25, -0.2) is 13.2 Å². The van der Waals surface area contributed by atoms with Crippen LogP contribution in [0.25, 0.3) is 0 Å². The van der Waals surface area contributed by atoms with Crippen molar-refractivity contribution >= 4 is 27.3 Å². The van der Waals surface area contributed by atoms with E-state index < -0.39 is 16.0 Å². The first-order valence-electron chi connectivity index (χ1n) is 6.15. The molecule has 5 nitrogen and oxygen atoms in total. The van der Waals surface area contributed by atoms with Gasteiger partial charge in [0.15, 0.2) is 0 Å². The molecule has 0 atom stereocenters. The van der Waals surface area contributed by atoms with Gasteiger partial charge in [-0.15, -0.1) is 11.3 Å². The van der Waals surface area contributed by atoms with Crippen molar-refractivity contribution in [1.29, 1.82) is 0 Å². The number of carboxylic acid groups (broad SMARTS) is 1. The topological polar surface area (TPSA) is 74.7 Å². The van der Waals surface area contributed by atoms with E-state index in [0.29, 0.717) is 0 Å². The Morgan fingerprint density at radius 2 is 2.00 bits per heavy atom. The van der Waals surface area contributed by atoms with Crippen LogP contribution < -0.4 is 0 Å². The van der Waals surface area contributed by atoms with Gasteiger partial charge in [-0.2, -0.15) is 4.31 Å². The average Bonchev–Trinajstić information content (AvgIpc) is 2.91. The summed E-state index contributed by atoms with van der Waals surface area (Å²) in [6.07, 6.45) is 0. The number of thiophene rings is 1. The monoisotopic (exact) mass is 325 g/mol. The normalized spacial score (nSPS) is 11.8. The molecule has 0 unspecified atom stereocenters. The third-order valence-electron chi connectivity index (χ3n) is 3.16. The molecule has 0 amide bonds. The van der Waals surface area contributed by atoms with Crippen LogP contribution >= 0.6 is 11.3 Å². The number of rotatable bonds is 5. The van der Waals surface area contributed by atoms with Gasteiger partial charge in [0.25, 0.3) is 0 Å². The Morgan fingerprint density at radius 3 is 2.57 bits per heavy atom. The number of benzene rings is 1. The average molecular weight is 325 g/mol. The summed E-state index contributed by atoms with van der Waals surface area (Å²) in [5.74, 6) is -1.13. The van der Waals surface area contributed by atoms with Crippen molar-refractivity contribution in [3.05, 3.63) is 51.7 Å². The number of nitrogens with zero attached hydrogens (tertiary/aromatic N) is 1. The summed E-state index contributed by atoms with van der Waals surface area (Å²) in [6, 6.07) is 7.99. The predicted octanol–water partition coefficient (Wildman–Crippen LogP) is 2.58. The van der Waals surface area contributed by atoms with Crippen molar-refractivity contribution < 1.29 is 18.3 Å². The minimum atomic E-state index is -3.73. The predicted molar refractivity (Wildman–Crippen MR) is 81.1 cm³/mol. The van der Waals surface area contributed by atoms with E-state index in [4.69, 9.17) is 5.11 Å². The maximum Gasteiger partial charge on any atom is 0.335 e. The van der Waals surface area contributed by atoms with Crippen LogP contribution in [0, 0.1) is 6.92 Å². The molecule has 21 heavy (non-hydrogen) atoms. The summed E-state index contributed by atoms with van der Waals surface area (Å²) in [4.78, 5) is 12.1. The molecule has 1 N–H and O–H groups in total. The summed E-state index contributed by atoms with van der Waals surface area (Å²) in [7, 11) is -2.24. The Labute approximate surface area is 127 Å². The number of sulfonamides is 1. The van der Waals surface area contributed by atoms with Crippen molar-refractivity contribution in [1.82, 2.24) is 4.31 Å². The molecule has 2 rings (SSSR count). The molecule has 7 heteroatoms. The number of aromatic carboxylic acids is 1. The highest BCUT2D eigenvalue weighted by Crippen LogP contribution is 2.24. The van der Waals surface area contributed by atoms with Gasteiger partial charge in [0, 0.05) is 18.5 Å². The second kappa shape index (κ2) is 5.97. The van der Waals surface area contributed by atoms with Crippen molar-refractivity contribution in [2.75, 3.05) is 7.05 Å². The molecule has 2 aromatic rings. The third kappa shape index (κ3) is 3.15. The van der Waals surface area contributed by atoms with Gasteiger partial charge < -0.3 is 5.11 Å². The summed E-state index contributed by atoms with van der Waals surface area (Å²) in [5, 5.41) is 11.0. The van der Waals surface area contributed by atoms with Gasteiger partial charge in [-0.3, -0.25) is 0 Å². The van der Waals surface area contributed by atoms with Gasteiger partial charge in [-0.05, 0) is 36.1 Å². The lowest BCUT2D eigenvalue weighted by Gasteiger charge is -2.18. The van der Waals surface area contributed by atoms with Gasteiger partial charge in [-0.1, -0.05) is 12.1 Å². The maximum atomic E-state index is 12.6. The standard InChI is InChI=1S/C14H15NO4S2/c1-10-12(14(16)17)6-3-7-13(10)21(18,19)15(2)9-11-5-4-8-20-11/h3-8H,9H2,1-2H3,(H,16,17). The summed E-state index contributed by atoms with van der Waals surface area (Å²) in [5.41, 5.74) is 0.253. The zero-order valence-electron chi connectivity index (χ0n) is 11.6. The van der Waals surface area contributed by atoms with E-state index >= 15 is 0 Å². The number of carbonyl (C=O) groups is 1. The molecule has 0 saturated carbocycles. The van der Waals surface area contributed by atoms with E-state index in [1.807, 2.05) is 17.5 Å². The fourth-order valence-electron chi connectivity index (χ4n) is 2.00. The molecule has 0 bridgehead atoms. The molecule has 0 aliphatic heterocycles. The second-order valence-corrected chi connectivity index (χ2v) is 7.62. The lowest BCUT2D eigenvalue weighted by atomic mass is 10.1. The molecule has 0 spiro atoms. The SMILES string of the molecule is Cc1c(C(=O)O)cccc1S(=O)(=O)N(C)Cc1cccs1. The lowest BCUT2D eigenvalue weighted by Crippen LogP contribution is -2.27. The van der Waals surface area contributed by atoms with Crippen molar-refractivity contribution in [3.63, 3.8) is 0 Å². The van der Waals surface area contributed by atoms with Crippen molar-refractivity contribution in [3.8, 4) is 0 Å².